The number of carbonyl (C=O) groups is 2. The summed E-state index contributed by atoms with van der Waals surface area (Å²) in [6, 6.07) is 7.72. The normalized spacial score (nSPS) is 12.1. The first kappa shape index (κ1) is 22.3. The maximum Gasteiger partial charge on any atom is 0.269 e. The minimum absolute atomic E-state index is 0.0861. The number of sulfonamides is 1. The van der Waals surface area contributed by atoms with Crippen molar-refractivity contribution in [3.05, 3.63) is 58.1 Å². The molecule has 2 aromatic carbocycles. The van der Waals surface area contributed by atoms with Crippen LogP contribution >= 0.6 is 11.6 Å². The van der Waals surface area contributed by atoms with Crippen LogP contribution in [0.2, 0.25) is 0 Å². The highest BCUT2D eigenvalue weighted by atomic mass is 35.5. The first-order valence-corrected chi connectivity index (χ1v) is 10.1. The van der Waals surface area contributed by atoms with E-state index in [4.69, 9.17) is 11.6 Å². The zero-order valence-electron chi connectivity index (χ0n) is 15.7. The molecule has 0 aliphatic heterocycles. The van der Waals surface area contributed by atoms with Gasteiger partial charge in [-0.3, -0.25) is 24.0 Å². The molecule has 0 fully saturated rings. The zero-order valence-corrected chi connectivity index (χ0v) is 17.3. The number of benzene rings is 2. The summed E-state index contributed by atoms with van der Waals surface area (Å²) in [6.45, 7) is 4.13. The summed E-state index contributed by atoms with van der Waals surface area (Å²) in [5, 5.41) is 12.6. The first-order chi connectivity index (χ1) is 13.4. The predicted molar refractivity (Wildman–Crippen MR) is 109 cm³/mol. The molecule has 0 bridgehead atoms. The van der Waals surface area contributed by atoms with Crippen LogP contribution in [0, 0.1) is 17.0 Å². The quantitative estimate of drug-likeness (QED) is 0.401. The van der Waals surface area contributed by atoms with Gasteiger partial charge in [-0.2, -0.15) is 0 Å². The summed E-state index contributed by atoms with van der Waals surface area (Å²) in [6.07, 6.45) is 0. The average molecular weight is 440 g/mol. The van der Waals surface area contributed by atoms with Gasteiger partial charge in [-0.15, -0.1) is 0 Å². The van der Waals surface area contributed by atoms with Crippen LogP contribution in [0.1, 0.15) is 19.4 Å². The van der Waals surface area contributed by atoms with E-state index in [-0.39, 0.29) is 27.7 Å². The van der Waals surface area contributed by atoms with Gasteiger partial charge in [0.05, 0.1) is 15.5 Å². The minimum Gasteiger partial charge on any atom is -0.326 e. The smallest absolute Gasteiger partial charge is 0.269 e. The molecule has 0 saturated carbocycles. The van der Waals surface area contributed by atoms with Crippen LogP contribution in [-0.4, -0.2) is 30.5 Å². The fourth-order valence-electron chi connectivity index (χ4n) is 2.67. The van der Waals surface area contributed by atoms with Crippen LogP contribution in [0.15, 0.2) is 47.4 Å². The molecule has 9 nitrogen and oxygen atoms in total. The molecule has 0 aliphatic carbocycles. The Balaban J connectivity index is 2.59. The lowest BCUT2D eigenvalue weighted by molar-refractivity contribution is -0.384. The van der Waals surface area contributed by atoms with Crippen LogP contribution in [-0.2, 0) is 19.6 Å². The summed E-state index contributed by atoms with van der Waals surface area (Å²) < 4.78 is 27.4. The molecule has 11 heteroatoms. The van der Waals surface area contributed by atoms with Gasteiger partial charge in [0.15, 0.2) is 0 Å². The Morgan fingerprint density at radius 1 is 1.17 bits per heavy atom. The molecule has 0 aromatic heterocycles. The number of nitrogens with zero attached hydrogens (tertiary/aromatic N) is 2. The molecule has 0 heterocycles. The number of hydrogen-bond acceptors (Lipinski definition) is 6. The molecule has 2 rings (SSSR count). The number of carbonyl (C=O) groups excluding carboxylic acids is 2. The maximum absolute atomic E-state index is 13.3. The van der Waals surface area contributed by atoms with Crippen LogP contribution in [0.5, 0.6) is 0 Å². The highest BCUT2D eigenvalue weighted by Crippen LogP contribution is 2.32. The Morgan fingerprint density at radius 2 is 1.76 bits per heavy atom. The third kappa shape index (κ3) is 4.90. The fraction of sp³-hybridized carbons (Fsp3) is 0.222. The van der Waals surface area contributed by atoms with E-state index in [0.717, 1.165) is 10.4 Å². The number of nitrogens with one attached hydrogen (secondary N) is 1. The number of hydrogen-bond donors (Lipinski definition) is 1. The van der Waals surface area contributed by atoms with Crippen LogP contribution < -0.4 is 9.62 Å². The number of aryl methyl sites for hydroxylation is 1. The standard InChI is InChI=1S/C18H18ClN3O6S/c1-11-10-15(22(25)26)6-9-17(11)21(12(2)18(19)24)29(27,28)16-7-4-14(5-8-16)20-13(3)23/h4-10,12H,1-3H3,(H,20,23). The average Bonchev–Trinajstić information content (AvgIpc) is 2.62. The zero-order chi connectivity index (χ0) is 21.9. The van der Waals surface area contributed by atoms with Gasteiger partial charge in [0.25, 0.3) is 15.7 Å². The van der Waals surface area contributed by atoms with Crippen LogP contribution in [0.3, 0.4) is 0 Å². The largest absolute Gasteiger partial charge is 0.326 e. The summed E-state index contributed by atoms with van der Waals surface area (Å²) in [7, 11) is -4.25. The van der Waals surface area contributed by atoms with E-state index in [0.29, 0.717) is 5.69 Å². The van der Waals surface area contributed by atoms with Crippen LogP contribution in [0.4, 0.5) is 17.1 Å². The lowest BCUT2D eigenvalue weighted by Gasteiger charge is -2.29. The van der Waals surface area contributed by atoms with Crippen molar-refractivity contribution >= 4 is 49.8 Å². The van der Waals surface area contributed by atoms with Gasteiger partial charge in [0.2, 0.25) is 11.1 Å². The number of non-ortho nitro benzene ring substituents is 1. The van der Waals surface area contributed by atoms with Crippen LogP contribution in [0.25, 0.3) is 0 Å². The molecular weight excluding hydrogens is 422 g/mol. The monoisotopic (exact) mass is 439 g/mol. The lowest BCUT2D eigenvalue weighted by atomic mass is 10.1. The van der Waals surface area contributed by atoms with Gasteiger partial charge in [0.1, 0.15) is 6.04 Å². The Hall–Kier alpha value is -2.98. The molecule has 2 aromatic rings. The van der Waals surface area contributed by atoms with E-state index in [1.54, 1.807) is 0 Å². The Kier molecular flexibility index (Phi) is 6.60. The van der Waals surface area contributed by atoms with Crippen molar-refractivity contribution in [3.8, 4) is 0 Å². The molecule has 154 valence electrons. The second kappa shape index (κ2) is 8.58. The number of anilines is 2. The van der Waals surface area contributed by atoms with Gasteiger partial charge in [-0.05, 0) is 61.3 Å². The Labute approximate surface area is 172 Å². The summed E-state index contributed by atoms with van der Waals surface area (Å²) in [5.41, 5.74) is 0.551. The lowest BCUT2D eigenvalue weighted by Crippen LogP contribution is -2.42. The third-order valence-electron chi connectivity index (χ3n) is 4.04. The molecule has 0 saturated heterocycles. The topological polar surface area (TPSA) is 127 Å². The second-order valence-electron chi connectivity index (χ2n) is 6.21. The van der Waals surface area contributed by atoms with Crippen molar-refractivity contribution in [1.29, 1.82) is 0 Å². The molecular formula is C18H18ClN3O6S. The van der Waals surface area contributed by atoms with Crippen molar-refractivity contribution in [2.75, 3.05) is 9.62 Å². The molecule has 1 N–H and O–H groups in total. The van der Waals surface area contributed by atoms with Crippen molar-refractivity contribution in [3.63, 3.8) is 0 Å². The van der Waals surface area contributed by atoms with Gasteiger partial charge < -0.3 is 5.32 Å². The molecule has 29 heavy (non-hydrogen) atoms. The third-order valence-corrected chi connectivity index (χ3v) is 6.25. The minimum atomic E-state index is -4.25. The number of halogens is 1. The van der Waals surface area contributed by atoms with Crippen molar-refractivity contribution in [2.24, 2.45) is 0 Å². The molecule has 1 amide bonds. The number of rotatable bonds is 7. The second-order valence-corrected chi connectivity index (χ2v) is 8.40. The summed E-state index contributed by atoms with van der Waals surface area (Å²) in [5.74, 6) is -0.315. The first-order valence-electron chi connectivity index (χ1n) is 8.31. The van der Waals surface area contributed by atoms with Gasteiger partial charge >= 0.3 is 0 Å². The van der Waals surface area contributed by atoms with E-state index in [2.05, 4.69) is 5.32 Å². The van der Waals surface area contributed by atoms with E-state index in [1.807, 2.05) is 0 Å². The van der Waals surface area contributed by atoms with Crippen molar-refractivity contribution < 1.29 is 22.9 Å². The van der Waals surface area contributed by atoms with Gasteiger partial charge in [-0.25, -0.2) is 8.42 Å². The molecule has 0 aliphatic rings. The van der Waals surface area contributed by atoms with Gasteiger partial charge in [-0.1, -0.05) is 0 Å². The Bertz CT molecular complexity index is 1070. The summed E-state index contributed by atoms with van der Waals surface area (Å²) in [4.78, 5) is 33.2. The van der Waals surface area contributed by atoms with Gasteiger partial charge in [0, 0.05) is 24.7 Å². The van der Waals surface area contributed by atoms with Crippen molar-refractivity contribution in [2.45, 2.75) is 31.7 Å². The van der Waals surface area contributed by atoms with E-state index in [1.165, 1.54) is 57.2 Å². The highest BCUT2D eigenvalue weighted by molar-refractivity contribution is 7.93. The number of nitro benzene ring substituents is 1. The highest BCUT2D eigenvalue weighted by Gasteiger charge is 2.34. The SMILES string of the molecule is CC(=O)Nc1ccc(S(=O)(=O)N(c2ccc([N+](=O)[O-])cc2C)C(C)C(=O)Cl)cc1. The van der Waals surface area contributed by atoms with Crippen molar-refractivity contribution in [1.82, 2.24) is 0 Å². The number of nitro groups is 1. The Morgan fingerprint density at radius 3 is 2.21 bits per heavy atom. The molecule has 1 atom stereocenters. The summed E-state index contributed by atoms with van der Waals surface area (Å²) >= 11 is 5.58. The molecule has 0 radical (unpaired) electrons. The fourth-order valence-corrected chi connectivity index (χ4v) is 4.50. The van der Waals surface area contributed by atoms with E-state index >= 15 is 0 Å². The molecule has 0 spiro atoms. The predicted octanol–water partition coefficient (Wildman–Crippen LogP) is 3.21. The van der Waals surface area contributed by atoms with E-state index in [9.17, 15) is 28.1 Å². The van der Waals surface area contributed by atoms with E-state index < -0.39 is 26.2 Å². The molecule has 1 unspecified atom stereocenters. The number of amides is 1. The maximum atomic E-state index is 13.3.